The van der Waals surface area contributed by atoms with Crippen LogP contribution in [0.15, 0.2) is 18.2 Å². The highest BCUT2D eigenvalue weighted by molar-refractivity contribution is 7.18. The van der Waals surface area contributed by atoms with E-state index in [1.807, 2.05) is 34.9 Å². The van der Waals surface area contributed by atoms with Gasteiger partial charge in [-0.05, 0) is 25.1 Å². The first-order valence-corrected chi connectivity index (χ1v) is 9.03. The minimum Gasteiger partial charge on any atom is -0.351 e. The lowest BCUT2D eigenvalue weighted by atomic mass is 10.1. The summed E-state index contributed by atoms with van der Waals surface area (Å²) in [6.07, 6.45) is 1.07. The molecule has 1 spiro atoms. The summed E-state index contributed by atoms with van der Waals surface area (Å²) in [4.78, 5) is 33.4. The number of likely N-dealkylation sites (tertiary alicyclic amines) is 1. The van der Waals surface area contributed by atoms with Gasteiger partial charge in [-0.15, -0.1) is 11.3 Å². The Kier molecular flexibility index (Phi) is 2.85. The average molecular weight is 343 g/mol. The smallest absolute Gasteiger partial charge is 0.254 e. The quantitative estimate of drug-likeness (QED) is 0.792. The minimum atomic E-state index is -0.572. The number of nitrogens with zero attached hydrogens (tertiary/aromatic N) is 3. The third-order valence-electron chi connectivity index (χ3n) is 5.40. The fraction of sp³-hybridized carbons (Fsp3) is 0.471. The van der Waals surface area contributed by atoms with E-state index in [0.717, 1.165) is 15.2 Å². The molecule has 24 heavy (non-hydrogen) atoms. The highest BCUT2D eigenvalue weighted by Gasteiger charge is 2.62. The number of hydrogen-bond donors (Lipinski definition) is 0. The molecular weight excluding hydrogens is 326 g/mol. The van der Waals surface area contributed by atoms with Gasteiger partial charge >= 0.3 is 0 Å². The van der Waals surface area contributed by atoms with Crippen LogP contribution >= 0.6 is 11.3 Å². The molecule has 2 amide bonds. The van der Waals surface area contributed by atoms with Crippen LogP contribution in [0, 0.1) is 6.92 Å². The molecule has 2 atom stereocenters. The Morgan fingerprint density at radius 1 is 1.42 bits per heavy atom. The van der Waals surface area contributed by atoms with E-state index in [1.165, 1.54) is 0 Å². The van der Waals surface area contributed by atoms with E-state index in [4.69, 9.17) is 4.74 Å². The highest BCUT2D eigenvalue weighted by Crippen LogP contribution is 2.46. The third kappa shape index (κ3) is 1.76. The van der Waals surface area contributed by atoms with Crippen LogP contribution in [-0.2, 0) is 9.53 Å². The second-order valence-corrected chi connectivity index (χ2v) is 7.86. The Balaban J connectivity index is 1.49. The van der Waals surface area contributed by atoms with Gasteiger partial charge in [-0.3, -0.25) is 9.59 Å². The zero-order valence-electron chi connectivity index (χ0n) is 13.3. The van der Waals surface area contributed by atoms with Crippen molar-refractivity contribution in [2.75, 3.05) is 19.7 Å². The summed E-state index contributed by atoms with van der Waals surface area (Å²) in [6.45, 7) is 3.80. The number of aromatic nitrogens is 1. The normalized spacial score (nSPS) is 28.7. The maximum absolute atomic E-state index is 13.1. The van der Waals surface area contributed by atoms with E-state index in [-0.39, 0.29) is 17.9 Å². The van der Waals surface area contributed by atoms with Crippen LogP contribution in [0.5, 0.6) is 0 Å². The number of rotatable bonds is 1. The van der Waals surface area contributed by atoms with Gasteiger partial charge in [-0.25, -0.2) is 4.98 Å². The number of aryl methyl sites for hydroxylation is 1. The van der Waals surface area contributed by atoms with Gasteiger partial charge in [-0.1, -0.05) is 0 Å². The molecule has 3 saturated heterocycles. The van der Waals surface area contributed by atoms with Crippen molar-refractivity contribution < 1.29 is 14.3 Å². The van der Waals surface area contributed by atoms with Crippen molar-refractivity contribution in [2.24, 2.45) is 0 Å². The van der Waals surface area contributed by atoms with Gasteiger partial charge < -0.3 is 14.5 Å². The van der Waals surface area contributed by atoms with Crippen LogP contribution in [0.1, 0.15) is 28.2 Å². The first-order chi connectivity index (χ1) is 11.6. The van der Waals surface area contributed by atoms with Gasteiger partial charge in [0, 0.05) is 25.1 Å². The second-order valence-electron chi connectivity index (χ2n) is 6.62. The number of carbonyl (C=O) groups excluding carboxylic acids is 2. The molecule has 3 aliphatic rings. The summed E-state index contributed by atoms with van der Waals surface area (Å²) in [5, 5.41) is 0.992. The van der Waals surface area contributed by atoms with Gasteiger partial charge in [-0.2, -0.15) is 0 Å². The van der Waals surface area contributed by atoms with E-state index in [0.29, 0.717) is 38.1 Å². The van der Waals surface area contributed by atoms with Gasteiger partial charge in [0.2, 0.25) is 5.91 Å². The molecule has 1 aromatic carbocycles. The van der Waals surface area contributed by atoms with Crippen molar-refractivity contribution in [2.45, 2.75) is 31.5 Å². The van der Waals surface area contributed by atoms with Crippen molar-refractivity contribution >= 4 is 33.4 Å². The third-order valence-corrected chi connectivity index (χ3v) is 6.34. The standard InChI is InChI=1S/C17H17N3O3S/c1-10-18-12-3-2-11(8-13(12)24-10)16(22)19-5-4-17-14(19)9-15(21)20(17)6-7-23-17/h2-3,8,14H,4-7,9H2,1H3/t14-,17+/m1/s1. The Bertz CT molecular complexity index is 879. The van der Waals surface area contributed by atoms with E-state index < -0.39 is 5.72 Å². The number of ether oxygens (including phenoxy) is 1. The lowest BCUT2D eigenvalue weighted by Crippen LogP contribution is -2.48. The van der Waals surface area contributed by atoms with Crippen molar-refractivity contribution in [1.82, 2.24) is 14.8 Å². The van der Waals surface area contributed by atoms with Gasteiger partial charge in [0.15, 0.2) is 5.72 Å². The zero-order chi connectivity index (χ0) is 16.5. The molecule has 0 aliphatic carbocycles. The molecule has 6 nitrogen and oxygen atoms in total. The van der Waals surface area contributed by atoms with Crippen molar-refractivity contribution in [3.05, 3.63) is 28.8 Å². The number of thiazole rings is 1. The molecule has 0 unspecified atom stereocenters. The lowest BCUT2D eigenvalue weighted by molar-refractivity contribution is -0.136. The maximum atomic E-state index is 13.1. The minimum absolute atomic E-state index is 0.0185. The van der Waals surface area contributed by atoms with Gasteiger partial charge in [0.25, 0.3) is 5.91 Å². The number of benzene rings is 1. The van der Waals surface area contributed by atoms with Crippen LogP contribution in [0.25, 0.3) is 10.2 Å². The topological polar surface area (TPSA) is 62.7 Å². The lowest BCUT2D eigenvalue weighted by Gasteiger charge is -2.31. The van der Waals surface area contributed by atoms with Crippen LogP contribution in [0.3, 0.4) is 0 Å². The van der Waals surface area contributed by atoms with E-state index in [2.05, 4.69) is 4.98 Å². The van der Waals surface area contributed by atoms with E-state index >= 15 is 0 Å². The van der Waals surface area contributed by atoms with Crippen LogP contribution < -0.4 is 0 Å². The van der Waals surface area contributed by atoms with E-state index in [9.17, 15) is 9.59 Å². The molecule has 4 heterocycles. The summed E-state index contributed by atoms with van der Waals surface area (Å²) < 4.78 is 6.97. The summed E-state index contributed by atoms with van der Waals surface area (Å²) in [6, 6.07) is 5.48. The fourth-order valence-electron chi connectivity index (χ4n) is 4.37. The largest absolute Gasteiger partial charge is 0.351 e. The maximum Gasteiger partial charge on any atom is 0.254 e. The molecule has 0 bridgehead atoms. The summed E-state index contributed by atoms with van der Waals surface area (Å²) in [5.41, 5.74) is 1.01. The first kappa shape index (κ1) is 14.4. The molecule has 3 aliphatic heterocycles. The molecule has 7 heteroatoms. The highest BCUT2D eigenvalue weighted by atomic mass is 32.1. The number of amides is 2. The summed E-state index contributed by atoms with van der Waals surface area (Å²) in [5.74, 6) is 0.0820. The predicted octanol–water partition coefficient (Wildman–Crippen LogP) is 1.78. The molecule has 0 N–H and O–H groups in total. The second kappa shape index (κ2) is 4.77. The molecule has 5 rings (SSSR count). The Morgan fingerprint density at radius 2 is 2.29 bits per heavy atom. The summed E-state index contributed by atoms with van der Waals surface area (Å²) in [7, 11) is 0. The van der Waals surface area contributed by atoms with Crippen LogP contribution in [0.4, 0.5) is 0 Å². The SMILES string of the molecule is Cc1nc2ccc(C(=O)N3CC[C@@]45OCCN4C(=O)C[C@@H]35)cc2s1. The molecule has 3 fully saturated rings. The van der Waals surface area contributed by atoms with Crippen molar-refractivity contribution in [3.63, 3.8) is 0 Å². The Labute approximate surface area is 143 Å². The van der Waals surface area contributed by atoms with Crippen molar-refractivity contribution in [1.29, 1.82) is 0 Å². The molecular formula is C17H17N3O3S. The van der Waals surface area contributed by atoms with Crippen molar-refractivity contribution in [3.8, 4) is 0 Å². The summed E-state index contributed by atoms with van der Waals surface area (Å²) >= 11 is 1.59. The van der Waals surface area contributed by atoms with Gasteiger partial charge in [0.1, 0.15) is 0 Å². The molecule has 124 valence electrons. The molecule has 1 aromatic heterocycles. The molecule has 2 aromatic rings. The molecule has 0 saturated carbocycles. The van der Waals surface area contributed by atoms with Crippen LogP contribution in [-0.4, -0.2) is 58.1 Å². The molecule has 0 radical (unpaired) electrons. The van der Waals surface area contributed by atoms with Crippen LogP contribution in [0.2, 0.25) is 0 Å². The fourth-order valence-corrected chi connectivity index (χ4v) is 5.24. The number of hydrogen-bond acceptors (Lipinski definition) is 5. The number of fused-ring (bicyclic) bond motifs is 1. The average Bonchev–Trinajstić information content (AvgIpc) is 3.27. The monoisotopic (exact) mass is 343 g/mol. The van der Waals surface area contributed by atoms with E-state index in [1.54, 1.807) is 11.3 Å². The van der Waals surface area contributed by atoms with Gasteiger partial charge in [0.05, 0.1) is 34.3 Å². The zero-order valence-corrected chi connectivity index (χ0v) is 14.1. The Morgan fingerprint density at radius 3 is 3.17 bits per heavy atom. The number of carbonyl (C=O) groups is 2. The predicted molar refractivity (Wildman–Crippen MR) is 88.8 cm³/mol. The Hall–Kier alpha value is -1.99. The first-order valence-electron chi connectivity index (χ1n) is 8.21.